The second-order valence-corrected chi connectivity index (χ2v) is 5.03. The molecule has 92 valence electrons. The lowest BCUT2D eigenvalue weighted by molar-refractivity contribution is -0.139. The van der Waals surface area contributed by atoms with E-state index < -0.39 is 0 Å². The molecule has 1 saturated carbocycles. The van der Waals surface area contributed by atoms with Gasteiger partial charge in [-0.3, -0.25) is 14.5 Å². The van der Waals surface area contributed by atoms with Crippen molar-refractivity contribution in [3.63, 3.8) is 0 Å². The van der Waals surface area contributed by atoms with Crippen molar-refractivity contribution in [2.75, 3.05) is 6.54 Å². The summed E-state index contributed by atoms with van der Waals surface area (Å²) in [6.45, 7) is 2.29. The van der Waals surface area contributed by atoms with Crippen molar-refractivity contribution in [3.05, 3.63) is 17.5 Å². The smallest absolute Gasteiger partial charge is 0.233 e. The zero-order valence-electron chi connectivity index (χ0n) is 9.83. The summed E-state index contributed by atoms with van der Waals surface area (Å²) in [5, 5.41) is 10.8. The van der Waals surface area contributed by atoms with Gasteiger partial charge in [-0.25, -0.2) is 0 Å². The second kappa shape index (κ2) is 3.07. The standard InChI is InChI=1S/C12H12N4O2/c1-2-16-11(17)8-5-3-4-6-10(14-15-13-6)7(5)9(8)12(16)18/h3-5,7-9H,2H2,1H3,(H,13,14,15)/t5-,7+,8+,9-/m1/s1. The van der Waals surface area contributed by atoms with Gasteiger partial charge < -0.3 is 0 Å². The van der Waals surface area contributed by atoms with Gasteiger partial charge >= 0.3 is 0 Å². The molecule has 4 atom stereocenters. The minimum atomic E-state index is -0.226. The summed E-state index contributed by atoms with van der Waals surface area (Å²) in [5.74, 6) is -0.328. The number of hydrogen-bond acceptors (Lipinski definition) is 4. The maximum absolute atomic E-state index is 12.2. The van der Waals surface area contributed by atoms with Crippen LogP contribution in [0, 0.1) is 17.8 Å². The molecular formula is C12H12N4O2. The van der Waals surface area contributed by atoms with E-state index in [-0.39, 0.29) is 35.5 Å². The molecule has 6 heteroatoms. The van der Waals surface area contributed by atoms with Crippen LogP contribution in [-0.2, 0) is 9.59 Å². The van der Waals surface area contributed by atoms with Gasteiger partial charge in [0.15, 0.2) is 0 Å². The molecule has 1 N–H and O–H groups in total. The number of allylic oxidation sites excluding steroid dienone is 1. The van der Waals surface area contributed by atoms with Crippen molar-refractivity contribution < 1.29 is 9.59 Å². The third kappa shape index (κ3) is 0.913. The van der Waals surface area contributed by atoms with Crippen LogP contribution in [0.2, 0.25) is 0 Å². The summed E-state index contributed by atoms with van der Waals surface area (Å²) in [4.78, 5) is 25.7. The monoisotopic (exact) mass is 244 g/mol. The molecule has 2 aliphatic carbocycles. The van der Waals surface area contributed by atoms with Crippen LogP contribution in [0.4, 0.5) is 0 Å². The van der Waals surface area contributed by atoms with Gasteiger partial charge in [0.25, 0.3) is 0 Å². The summed E-state index contributed by atoms with van der Waals surface area (Å²) >= 11 is 0. The molecule has 0 spiro atoms. The highest BCUT2D eigenvalue weighted by molar-refractivity contribution is 6.07. The summed E-state index contributed by atoms with van der Waals surface area (Å²) in [5.41, 5.74) is 1.63. The number of hydrogen-bond donors (Lipinski definition) is 1. The van der Waals surface area contributed by atoms with Crippen LogP contribution in [0.15, 0.2) is 6.08 Å². The van der Waals surface area contributed by atoms with E-state index >= 15 is 0 Å². The maximum atomic E-state index is 12.2. The van der Waals surface area contributed by atoms with Gasteiger partial charge in [0.2, 0.25) is 11.8 Å². The number of imide groups is 1. The Bertz CT molecular complexity index is 591. The summed E-state index contributed by atoms with van der Waals surface area (Å²) in [6, 6.07) is 0. The molecule has 2 amide bonds. The Morgan fingerprint density at radius 2 is 2.00 bits per heavy atom. The fourth-order valence-electron chi connectivity index (χ4n) is 3.59. The van der Waals surface area contributed by atoms with Crippen LogP contribution in [0.1, 0.15) is 24.2 Å². The zero-order valence-corrected chi connectivity index (χ0v) is 9.83. The first kappa shape index (κ1) is 9.99. The molecule has 1 saturated heterocycles. The van der Waals surface area contributed by atoms with Crippen molar-refractivity contribution in [3.8, 4) is 0 Å². The number of carbonyl (C=O) groups is 2. The first-order valence-electron chi connectivity index (χ1n) is 6.18. The second-order valence-electron chi connectivity index (χ2n) is 5.03. The summed E-state index contributed by atoms with van der Waals surface area (Å²) < 4.78 is 0. The highest BCUT2D eigenvalue weighted by atomic mass is 16.2. The van der Waals surface area contributed by atoms with E-state index in [2.05, 4.69) is 15.4 Å². The molecule has 1 aromatic rings. The van der Waals surface area contributed by atoms with Crippen LogP contribution >= 0.6 is 0 Å². The number of nitrogens with one attached hydrogen (secondary N) is 1. The number of aromatic nitrogens is 3. The SMILES string of the molecule is CCN1C(=O)[C@H]2[C@@H]3C=Cc4n[nH]nc4[C@@H]3[C@H]2C1=O. The lowest BCUT2D eigenvalue weighted by Gasteiger charge is -2.44. The van der Waals surface area contributed by atoms with Gasteiger partial charge in [-0.2, -0.15) is 15.4 Å². The molecule has 0 bridgehead atoms. The van der Waals surface area contributed by atoms with Gasteiger partial charge in [-0.05, 0) is 18.9 Å². The van der Waals surface area contributed by atoms with Gasteiger partial charge in [-0.1, -0.05) is 6.08 Å². The van der Waals surface area contributed by atoms with E-state index in [1.54, 1.807) is 0 Å². The van der Waals surface area contributed by atoms with E-state index in [9.17, 15) is 9.59 Å². The lowest BCUT2D eigenvalue weighted by atomic mass is 9.55. The molecule has 3 aliphatic rings. The van der Waals surface area contributed by atoms with Gasteiger partial charge in [0.05, 0.1) is 17.5 Å². The molecule has 2 heterocycles. The molecule has 2 fully saturated rings. The molecular weight excluding hydrogens is 232 g/mol. The molecule has 18 heavy (non-hydrogen) atoms. The van der Waals surface area contributed by atoms with E-state index in [0.717, 1.165) is 11.4 Å². The Morgan fingerprint density at radius 3 is 2.78 bits per heavy atom. The van der Waals surface area contributed by atoms with E-state index in [0.29, 0.717) is 6.54 Å². The largest absolute Gasteiger partial charge is 0.282 e. The quantitative estimate of drug-likeness (QED) is 0.714. The minimum Gasteiger partial charge on any atom is -0.282 e. The first-order chi connectivity index (χ1) is 8.74. The van der Waals surface area contributed by atoms with E-state index in [1.807, 2.05) is 19.1 Å². The van der Waals surface area contributed by atoms with E-state index in [4.69, 9.17) is 0 Å². The van der Waals surface area contributed by atoms with Crippen molar-refractivity contribution in [2.24, 2.45) is 17.8 Å². The third-order valence-electron chi connectivity index (χ3n) is 4.42. The number of H-pyrrole nitrogens is 1. The molecule has 6 nitrogen and oxygen atoms in total. The van der Waals surface area contributed by atoms with Crippen molar-refractivity contribution in [1.82, 2.24) is 20.3 Å². The number of nitrogens with zero attached hydrogens (tertiary/aromatic N) is 3. The van der Waals surface area contributed by atoms with Crippen LogP contribution in [0.5, 0.6) is 0 Å². The number of carbonyl (C=O) groups excluding carboxylic acids is 2. The number of likely N-dealkylation sites (tertiary alicyclic amines) is 1. The van der Waals surface area contributed by atoms with Crippen molar-refractivity contribution in [1.29, 1.82) is 0 Å². The van der Waals surface area contributed by atoms with Crippen LogP contribution in [0.3, 0.4) is 0 Å². The fraction of sp³-hybridized carbons (Fsp3) is 0.500. The first-order valence-corrected chi connectivity index (χ1v) is 6.18. The summed E-state index contributed by atoms with van der Waals surface area (Å²) in [7, 11) is 0. The van der Waals surface area contributed by atoms with E-state index in [1.165, 1.54) is 4.90 Å². The molecule has 4 rings (SSSR count). The van der Waals surface area contributed by atoms with Crippen molar-refractivity contribution in [2.45, 2.75) is 12.8 Å². The Morgan fingerprint density at radius 1 is 1.22 bits per heavy atom. The van der Waals surface area contributed by atoms with Gasteiger partial charge in [0, 0.05) is 12.5 Å². The number of amides is 2. The Kier molecular flexibility index (Phi) is 1.70. The minimum absolute atomic E-state index is 0.0228. The number of fused-ring (bicyclic) bond motifs is 6. The summed E-state index contributed by atoms with van der Waals surface area (Å²) in [6.07, 6.45) is 3.89. The highest BCUT2D eigenvalue weighted by Gasteiger charge is 2.65. The van der Waals surface area contributed by atoms with Gasteiger partial charge in [0.1, 0.15) is 5.69 Å². The predicted molar refractivity (Wildman–Crippen MR) is 61.0 cm³/mol. The maximum Gasteiger partial charge on any atom is 0.233 e. The predicted octanol–water partition coefficient (Wildman–Crippen LogP) is 0.166. The average Bonchev–Trinajstić information content (AvgIpc) is 2.84. The normalized spacial score (nSPS) is 36.2. The third-order valence-corrected chi connectivity index (χ3v) is 4.42. The zero-order chi connectivity index (χ0) is 12.4. The lowest BCUT2D eigenvalue weighted by Crippen LogP contribution is -2.47. The molecule has 0 aromatic carbocycles. The Hall–Kier alpha value is -1.98. The average molecular weight is 244 g/mol. The Balaban J connectivity index is 1.79. The topological polar surface area (TPSA) is 79.0 Å². The molecule has 1 aromatic heterocycles. The molecule has 0 radical (unpaired) electrons. The van der Waals surface area contributed by atoms with Gasteiger partial charge in [-0.15, -0.1) is 0 Å². The molecule has 1 aliphatic heterocycles. The number of rotatable bonds is 1. The van der Waals surface area contributed by atoms with Crippen LogP contribution < -0.4 is 0 Å². The fourth-order valence-corrected chi connectivity index (χ4v) is 3.59. The number of aromatic amines is 1. The Labute approximate surface area is 103 Å². The van der Waals surface area contributed by atoms with Crippen molar-refractivity contribution >= 4 is 17.9 Å². The molecule has 0 unspecified atom stereocenters. The highest BCUT2D eigenvalue weighted by Crippen LogP contribution is 2.59. The van der Waals surface area contributed by atoms with Crippen LogP contribution in [-0.4, -0.2) is 38.7 Å². The van der Waals surface area contributed by atoms with Crippen LogP contribution in [0.25, 0.3) is 6.08 Å².